The third kappa shape index (κ3) is 4.32. The average molecular weight is 433 g/mol. The minimum absolute atomic E-state index is 0.0713. The molecule has 3 heterocycles. The first-order chi connectivity index (χ1) is 15.3. The highest BCUT2D eigenvalue weighted by Gasteiger charge is 2.22. The summed E-state index contributed by atoms with van der Waals surface area (Å²) in [4.78, 5) is 20.7. The van der Waals surface area contributed by atoms with Crippen molar-refractivity contribution in [2.75, 3.05) is 18.1 Å². The van der Waals surface area contributed by atoms with Crippen LogP contribution in [0.15, 0.2) is 76.7 Å². The zero-order valence-corrected chi connectivity index (χ0v) is 17.5. The Morgan fingerprint density at radius 2 is 1.84 bits per heavy atom. The minimum atomic E-state index is -0.0713. The Bertz CT molecular complexity index is 1170. The first kappa shape index (κ1) is 19.4. The lowest BCUT2D eigenvalue weighted by molar-refractivity contribution is -0.118. The number of fused-ring (bicyclic) bond motifs is 1. The van der Waals surface area contributed by atoms with Gasteiger partial charge in [0.2, 0.25) is 11.8 Å². The van der Waals surface area contributed by atoms with Crippen molar-refractivity contribution in [3.8, 4) is 23.0 Å². The summed E-state index contributed by atoms with van der Waals surface area (Å²) < 4.78 is 16.9. The van der Waals surface area contributed by atoms with Gasteiger partial charge < -0.3 is 18.8 Å². The van der Waals surface area contributed by atoms with Gasteiger partial charge in [-0.1, -0.05) is 24.3 Å². The lowest BCUT2D eigenvalue weighted by Gasteiger charge is -2.25. The number of amides is 1. The van der Waals surface area contributed by atoms with Crippen molar-refractivity contribution in [3.05, 3.63) is 82.9 Å². The van der Waals surface area contributed by atoms with Gasteiger partial charge >= 0.3 is 0 Å². The summed E-state index contributed by atoms with van der Waals surface area (Å²) in [5.74, 6) is 1.79. The molecular formula is C24H20N2O4S. The van der Waals surface area contributed by atoms with Gasteiger partial charge in [0, 0.05) is 22.2 Å². The lowest BCUT2D eigenvalue weighted by atomic mass is 10.2. The van der Waals surface area contributed by atoms with Gasteiger partial charge in [0.1, 0.15) is 19.5 Å². The van der Waals surface area contributed by atoms with Crippen molar-refractivity contribution in [2.45, 2.75) is 13.0 Å². The van der Waals surface area contributed by atoms with Crippen molar-refractivity contribution in [2.24, 2.45) is 0 Å². The van der Waals surface area contributed by atoms with Crippen LogP contribution in [-0.4, -0.2) is 24.1 Å². The fraction of sp³-hybridized carbons (Fsp3) is 0.167. The number of oxazole rings is 1. The number of aromatic nitrogens is 1. The zero-order valence-electron chi connectivity index (χ0n) is 16.7. The molecule has 1 aliphatic heterocycles. The number of anilines is 1. The Morgan fingerprint density at radius 1 is 1.00 bits per heavy atom. The Labute approximate surface area is 183 Å². The van der Waals surface area contributed by atoms with Gasteiger partial charge in [-0.3, -0.25) is 4.79 Å². The van der Waals surface area contributed by atoms with Crippen LogP contribution in [0.5, 0.6) is 11.5 Å². The van der Waals surface area contributed by atoms with Gasteiger partial charge in [0.05, 0.1) is 18.7 Å². The number of nitrogens with zero attached hydrogens (tertiary/aromatic N) is 2. The fourth-order valence-corrected chi connectivity index (χ4v) is 4.13. The maximum atomic E-state index is 13.3. The van der Waals surface area contributed by atoms with Crippen molar-refractivity contribution >= 4 is 22.9 Å². The molecule has 2 aromatic heterocycles. The molecule has 0 N–H and O–H groups in total. The van der Waals surface area contributed by atoms with Crippen LogP contribution in [0.4, 0.5) is 5.69 Å². The van der Waals surface area contributed by atoms with Crippen LogP contribution in [0, 0.1) is 0 Å². The van der Waals surface area contributed by atoms with Gasteiger partial charge in [0.15, 0.2) is 11.5 Å². The number of carbonyl (C=O) groups excluding carboxylic acids is 1. The van der Waals surface area contributed by atoms with Gasteiger partial charge in [-0.05, 0) is 35.7 Å². The smallest absolute Gasteiger partial charge is 0.233 e. The number of ether oxygens (including phenoxy) is 2. The molecule has 0 fully saturated rings. The Kier molecular flexibility index (Phi) is 5.41. The highest BCUT2D eigenvalue weighted by molar-refractivity contribution is 7.09. The third-order valence-electron chi connectivity index (χ3n) is 4.94. The first-order valence-corrected chi connectivity index (χ1v) is 10.9. The topological polar surface area (TPSA) is 64.8 Å². The molecule has 0 radical (unpaired) electrons. The maximum Gasteiger partial charge on any atom is 0.233 e. The summed E-state index contributed by atoms with van der Waals surface area (Å²) in [6.07, 6.45) is 1.68. The molecule has 31 heavy (non-hydrogen) atoms. The van der Waals surface area contributed by atoms with Crippen LogP contribution in [0.1, 0.15) is 10.6 Å². The predicted molar refractivity (Wildman–Crippen MR) is 119 cm³/mol. The van der Waals surface area contributed by atoms with E-state index in [-0.39, 0.29) is 12.3 Å². The maximum absolute atomic E-state index is 13.3. The molecule has 0 unspecified atom stereocenters. The molecule has 4 aromatic rings. The molecule has 7 heteroatoms. The predicted octanol–water partition coefficient (Wildman–Crippen LogP) is 4.95. The van der Waals surface area contributed by atoms with Crippen LogP contribution in [0.3, 0.4) is 0 Å². The van der Waals surface area contributed by atoms with E-state index < -0.39 is 0 Å². The van der Waals surface area contributed by atoms with E-state index in [0.29, 0.717) is 42.8 Å². The minimum Gasteiger partial charge on any atom is -0.486 e. The van der Waals surface area contributed by atoms with E-state index in [2.05, 4.69) is 4.98 Å². The SMILES string of the molecule is O=C(Cc1coc(-c2ccccc2)n1)N(Cc1cccs1)c1ccc2c(c1)OCCO2. The van der Waals surface area contributed by atoms with Crippen LogP contribution in [0.25, 0.3) is 11.5 Å². The zero-order chi connectivity index (χ0) is 21.0. The van der Waals surface area contributed by atoms with Gasteiger partial charge in [-0.15, -0.1) is 11.3 Å². The summed E-state index contributed by atoms with van der Waals surface area (Å²) in [5, 5.41) is 2.01. The standard InChI is InChI=1S/C24H20N2O4S/c27-23(13-18-16-30-24(25-18)17-5-2-1-3-6-17)26(15-20-7-4-12-31-20)19-8-9-21-22(14-19)29-11-10-28-21/h1-9,12,14,16H,10-11,13,15H2. The van der Waals surface area contributed by atoms with Crippen LogP contribution in [0.2, 0.25) is 0 Å². The van der Waals surface area contributed by atoms with Crippen LogP contribution >= 0.6 is 11.3 Å². The van der Waals surface area contributed by atoms with Crippen molar-refractivity contribution < 1.29 is 18.7 Å². The van der Waals surface area contributed by atoms with Crippen molar-refractivity contribution in [1.29, 1.82) is 0 Å². The number of carbonyl (C=O) groups is 1. The molecule has 5 rings (SSSR count). The van der Waals surface area contributed by atoms with Crippen LogP contribution < -0.4 is 14.4 Å². The molecule has 0 saturated carbocycles. The van der Waals surface area contributed by atoms with Gasteiger partial charge in [0.25, 0.3) is 0 Å². The number of hydrogen-bond donors (Lipinski definition) is 0. The number of rotatable bonds is 6. The molecule has 0 aliphatic carbocycles. The van der Waals surface area contributed by atoms with E-state index >= 15 is 0 Å². The van der Waals surface area contributed by atoms with E-state index in [0.717, 1.165) is 16.1 Å². The molecule has 1 aliphatic rings. The van der Waals surface area contributed by atoms with E-state index in [1.807, 2.05) is 66.0 Å². The van der Waals surface area contributed by atoms with E-state index in [1.165, 1.54) is 0 Å². The van der Waals surface area contributed by atoms with E-state index in [4.69, 9.17) is 13.9 Å². The molecule has 0 saturated heterocycles. The Hall–Kier alpha value is -3.58. The van der Waals surface area contributed by atoms with E-state index in [1.54, 1.807) is 22.5 Å². The van der Waals surface area contributed by atoms with Crippen molar-refractivity contribution in [1.82, 2.24) is 4.98 Å². The lowest BCUT2D eigenvalue weighted by Crippen LogP contribution is -2.31. The summed E-state index contributed by atoms with van der Waals surface area (Å²) in [7, 11) is 0. The second-order valence-corrected chi connectivity index (χ2v) is 8.11. The Morgan fingerprint density at radius 3 is 2.65 bits per heavy atom. The normalized spacial score (nSPS) is 12.5. The summed E-state index contributed by atoms with van der Waals surface area (Å²) in [6, 6.07) is 19.2. The van der Waals surface area contributed by atoms with E-state index in [9.17, 15) is 4.79 Å². The monoisotopic (exact) mass is 432 g/mol. The largest absolute Gasteiger partial charge is 0.486 e. The molecule has 0 bridgehead atoms. The third-order valence-corrected chi connectivity index (χ3v) is 5.80. The summed E-state index contributed by atoms with van der Waals surface area (Å²) in [6.45, 7) is 1.50. The van der Waals surface area contributed by atoms with Crippen molar-refractivity contribution in [3.63, 3.8) is 0 Å². The number of hydrogen-bond acceptors (Lipinski definition) is 6. The number of benzene rings is 2. The Balaban J connectivity index is 1.40. The average Bonchev–Trinajstić information content (AvgIpc) is 3.50. The number of thiophene rings is 1. The summed E-state index contributed by atoms with van der Waals surface area (Å²) >= 11 is 1.62. The molecule has 156 valence electrons. The molecule has 0 spiro atoms. The quantitative estimate of drug-likeness (QED) is 0.431. The highest BCUT2D eigenvalue weighted by atomic mass is 32.1. The molecule has 6 nitrogen and oxygen atoms in total. The van der Waals surface area contributed by atoms with Gasteiger partial charge in [-0.2, -0.15) is 0 Å². The highest BCUT2D eigenvalue weighted by Crippen LogP contribution is 2.35. The second kappa shape index (κ2) is 8.65. The second-order valence-electron chi connectivity index (χ2n) is 7.07. The summed E-state index contributed by atoms with van der Waals surface area (Å²) in [5.41, 5.74) is 2.23. The fourth-order valence-electron chi connectivity index (χ4n) is 3.43. The molecular weight excluding hydrogens is 412 g/mol. The first-order valence-electron chi connectivity index (χ1n) is 9.98. The van der Waals surface area contributed by atoms with Crippen LogP contribution in [-0.2, 0) is 17.8 Å². The molecule has 0 atom stereocenters. The molecule has 2 aromatic carbocycles. The molecule has 1 amide bonds. The van der Waals surface area contributed by atoms with Gasteiger partial charge in [-0.25, -0.2) is 4.98 Å².